The molecule has 0 saturated carbocycles. The summed E-state index contributed by atoms with van der Waals surface area (Å²) in [4.78, 5) is 10.4. The molecule has 0 saturated heterocycles. The van der Waals surface area contributed by atoms with Crippen molar-refractivity contribution in [2.24, 2.45) is 0 Å². The number of halogens is 2. The van der Waals surface area contributed by atoms with Crippen LogP contribution >= 0.6 is 0 Å². The first-order chi connectivity index (χ1) is 5.45. The van der Waals surface area contributed by atoms with Crippen LogP contribution < -0.4 is 0 Å². The second-order valence-electron chi connectivity index (χ2n) is 2.55. The van der Waals surface area contributed by atoms with Crippen molar-refractivity contribution in [2.45, 2.75) is 18.4 Å². The van der Waals surface area contributed by atoms with Crippen LogP contribution in [-0.2, 0) is 9.53 Å². The van der Waals surface area contributed by atoms with E-state index in [1.165, 1.54) is 0 Å². The van der Waals surface area contributed by atoms with Crippen LogP contribution in [0.4, 0.5) is 8.78 Å². The van der Waals surface area contributed by atoms with Crippen LogP contribution in [0.2, 0.25) is 0 Å². The molecule has 0 spiro atoms. The molecule has 0 aliphatic heterocycles. The summed E-state index contributed by atoms with van der Waals surface area (Å²) in [6.07, 6.45) is 1.01. The first kappa shape index (κ1) is 11.3. The largest absolute Gasteiger partial charge is 0.463 e. The van der Waals surface area contributed by atoms with E-state index in [2.05, 4.69) is 11.3 Å². The Kier molecular flexibility index (Phi) is 4.73. The maximum Gasteiger partial charge on any atom is 0.330 e. The van der Waals surface area contributed by atoms with Gasteiger partial charge in [-0.25, -0.2) is 13.6 Å². The lowest BCUT2D eigenvalue weighted by atomic mass is 10.3. The molecular formula is C7H12F2O2Si. The third-order valence-corrected chi connectivity index (χ3v) is 1.67. The quantitative estimate of drug-likeness (QED) is 0.275. The summed E-state index contributed by atoms with van der Waals surface area (Å²) in [7, 11) is -0.152. The molecule has 0 radical (unpaired) electrons. The molecule has 70 valence electrons. The maximum absolute atomic E-state index is 12.2. The van der Waals surface area contributed by atoms with Crippen LogP contribution in [0.1, 0.15) is 12.8 Å². The van der Waals surface area contributed by atoms with Crippen molar-refractivity contribution in [1.82, 2.24) is 0 Å². The molecule has 0 aliphatic carbocycles. The van der Waals surface area contributed by atoms with Gasteiger partial charge in [0.25, 0.3) is 0 Å². The van der Waals surface area contributed by atoms with Gasteiger partial charge in [0.05, 0.1) is 16.8 Å². The minimum atomic E-state index is -2.54. The van der Waals surface area contributed by atoms with Gasteiger partial charge in [-0.3, -0.25) is 0 Å². The van der Waals surface area contributed by atoms with Crippen LogP contribution in [0.3, 0.4) is 0 Å². The molecule has 0 bridgehead atoms. The van der Waals surface area contributed by atoms with Gasteiger partial charge >= 0.3 is 5.97 Å². The van der Waals surface area contributed by atoms with Crippen molar-refractivity contribution in [3.63, 3.8) is 0 Å². The second-order valence-corrected chi connectivity index (χ2v) is 4.01. The lowest BCUT2D eigenvalue weighted by molar-refractivity contribution is -0.138. The lowest BCUT2D eigenvalue weighted by Gasteiger charge is -2.09. The Hall–Kier alpha value is -0.713. The van der Waals surface area contributed by atoms with Gasteiger partial charge < -0.3 is 4.74 Å². The van der Waals surface area contributed by atoms with Crippen molar-refractivity contribution in [3.05, 3.63) is 12.7 Å². The first-order valence-corrected chi connectivity index (χ1v) is 4.63. The molecule has 5 heteroatoms. The van der Waals surface area contributed by atoms with E-state index in [0.29, 0.717) is 0 Å². The Bertz CT molecular complexity index is 165. The molecule has 0 rings (SSSR count). The molecule has 0 aromatic rings. The van der Waals surface area contributed by atoms with Crippen LogP contribution in [0.5, 0.6) is 0 Å². The van der Waals surface area contributed by atoms with Crippen LogP contribution in [-0.4, -0.2) is 28.4 Å². The van der Waals surface area contributed by atoms with Crippen molar-refractivity contribution in [2.75, 3.05) is 6.61 Å². The van der Waals surface area contributed by atoms with E-state index in [0.717, 1.165) is 6.08 Å². The number of alkyl halides is 2. The van der Waals surface area contributed by atoms with Crippen LogP contribution in [0.15, 0.2) is 12.7 Å². The molecule has 0 amide bonds. The number of hydrogen-bond donors (Lipinski definition) is 0. The predicted octanol–water partition coefficient (Wildman–Crippen LogP) is 0.454. The normalized spacial score (nSPS) is 11.2. The number of carbonyl (C=O) groups excluding carboxylic acids is 1. The fourth-order valence-corrected chi connectivity index (χ4v) is 0.968. The number of rotatable bonds is 5. The third kappa shape index (κ3) is 7.39. The van der Waals surface area contributed by atoms with Crippen LogP contribution in [0.25, 0.3) is 0 Å². The standard InChI is InChI=1S/C7H12F2O2Si/c1-2-6(10)11-5-3-4-7(8,9)12/h2H,1,3-5H2,12H3. The fraction of sp³-hybridized carbons (Fsp3) is 0.571. The predicted molar refractivity (Wildman–Crippen MR) is 45.3 cm³/mol. The zero-order chi connectivity index (χ0) is 9.61. The second kappa shape index (κ2) is 5.03. The Labute approximate surface area is 73.0 Å². The molecule has 0 aromatic heterocycles. The van der Waals surface area contributed by atoms with Gasteiger partial charge in [0.1, 0.15) is 0 Å². The Morgan fingerprint density at radius 3 is 2.67 bits per heavy atom. The average molecular weight is 194 g/mol. The molecule has 12 heavy (non-hydrogen) atoms. The van der Waals surface area contributed by atoms with E-state index in [9.17, 15) is 13.6 Å². The van der Waals surface area contributed by atoms with Gasteiger partial charge in [-0.15, -0.1) is 0 Å². The van der Waals surface area contributed by atoms with Gasteiger partial charge in [-0.05, 0) is 6.42 Å². The fourth-order valence-electron chi connectivity index (χ4n) is 0.614. The van der Waals surface area contributed by atoms with Crippen molar-refractivity contribution < 1.29 is 18.3 Å². The highest BCUT2D eigenvalue weighted by Crippen LogP contribution is 2.14. The minimum absolute atomic E-state index is 0.0443. The Morgan fingerprint density at radius 2 is 2.25 bits per heavy atom. The van der Waals surface area contributed by atoms with E-state index in [-0.39, 0.29) is 29.7 Å². The van der Waals surface area contributed by atoms with Gasteiger partial charge in [-0.2, -0.15) is 0 Å². The van der Waals surface area contributed by atoms with Crippen LogP contribution in [0, 0.1) is 0 Å². The first-order valence-electron chi connectivity index (χ1n) is 3.63. The smallest absolute Gasteiger partial charge is 0.330 e. The Balaban J connectivity index is 3.34. The topological polar surface area (TPSA) is 26.3 Å². The Morgan fingerprint density at radius 1 is 1.67 bits per heavy atom. The lowest BCUT2D eigenvalue weighted by Crippen LogP contribution is -2.16. The molecule has 0 unspecified atom stereocenters. The molecule has 2 nitrogen and oxygen atoms in total. The third-order valence-electron chi connectivity index (χ3n) is 1.17. The highest BCUT2D eigenvalue weighted by atomic mass is 28.1. The van der Waals surface area contributed by atoms with Gasteiger partial charge in [0.15, 0.2) is 0 Å². The summed E-state index contributed by atoms with van der Waals surface area (Å²) in [6.45, 7) is 3.22. The van der Waals surface area contributed by atoms with E-state index >= 15 is 0 Å². The molecule has 0 aliphatic rings. The van der Waals surface area contributed by atoms with E-state index in [1.54, 1.807) is 0 Å². The monoisotopic (exact) mass is 194 g/mol. The van der Waals surface area contributed by atoms with Crippen molar-refractivity contribution in [1.29, 1.82) is 0 Å². The summed E-state index contributed by atoms with van der Waals surface area (Å²) in [6, 6.07) is 0. The molecule has 0 N–H and O–H groups in total. The van der Waals surface area contributed by atoms with Gasteiger partial charge in [0.2, 0.25) is 5.55 Å². The highest BCUT2D eigenvalue weighted by Gasteiger charge is 2.19. The number of hydrogen-bond acceptors (Lipinski definition) is 2. The van der Waals surface area contributed by atoms with E-state index in [4.69, 9.17) is 0 Å². The highest BCUT2D eigenvalue weighted by molar-refractivity contribution is 6.13. The van der Waals surface area contributed by atoms with Gasteiger partial charge in [-0.1, -0.05) is 6.58 Å². The van der Waals surface area contributed by atoms with Crippen molar-refractivity contribution in [3.8, 4) is 0 Å². The molecule has 0 fully saturated rings. The SMILES string of the molecule is C=CC(=O)OCCCC(F)(F)[SiH3]. The molecule has 0 heterocycles. The zero-order valence-corrected chi connectivity index (χ0v) is 8.98. The summed E-state index contributed by atoms with van der Waals surface area (Å²) in [5.41, 5.74) is -2.54. The molecule has 0 aromatic carbocycles. The number of esters is 1. The van der Waals surface area contributed by atoms with Gasteiger partial charge in [0, 0.05) is 12.5 Å². The minimum Gasteiger partial charge on any atom is -0.463 e. The average Bonchev–Trinajstić information content (AvgIpc) is 1.96. The number of ether oxygens (including phenoxy) is 1. The molecular weight excluding hydrogens is 182 g/mol. The maximum atomic E-state index is 12.2. The summed E-state index contributed by atoms with van der Waals surface area (Å²) in [5.74, 6) is -0.563. The summed E-state index contributed by atoms with van der Waals surface area (Å²) < 4.78 is 29.0. The summed E-state index contributed by atoms with van der Waals surface area (Å²) in [5, 5.41) is 0. The van der Waals surface area contributed by atoms with E-state index in [1.807, 2.05) is 0 Å². The zero-order valence-electron chi connectivity index (χ0n) is 6.98. The molecule has 0 atom stereocenters. The van der Waals surface area contributed by atoms with E-state index < -0.39 is 11.5 Å². The van der Waals surface area contributed by atoms with Crippen molar-refractivity contribution >= 4 is 16.2 Å². The summed E-state index contributed by atoms with van der Waals surface area (Å²) >= 11 is 0. The number of carbonyl (C=O) groups is 1.